The Kier molecular flexibility index (Phi) is 11.2. The zero-order valence-corrected chi connectivity index (χ0v) is 15.5. The first-order valence-electron chi connectivity index (χ1n) is 7.88. The second-order valence-corrected chi connectivity index (χ2v) is 5.92. The Balaban J connectivity index is 4.99. The van der Waals surface area contributed by atoms with Crippen LogP contribution >= 0.6 is 12.6 Å². The van der Waals surface area contributed by atoms with Gasteiger partial charge in [-0.1, -0.05) is 0 Å². The Labute approximate surface area is 164 Å². The number of carboxylic acid groups (broad SMARTS) is 3. The van der Waals surface area contributed by atoms with Gasteiger partial charge >= 0.3 is 17.9 Å². The Hall–Kier alpha value is -2.87. The highest BCUT2D eigenvalue weighted by atomic mass is 32.1. The largest absolute Gasteiger partial charge is 0.481 e. The van der Waals surface area contributed by atoms with Crippen molar-refractivity contribution in [2.75, 3.05) is 12.3 Å². The van der Waals surface area contributed by atoms with E-state index in [1.165, 1.54) is 0 Å². The highest BCUT2D eigenvalue weighted by molar-refractivity contribution is 7.80. The maximum absolute atomic E-state index is 12.2. The quantitative estimate of drug-likeness (QED) is 0.138. The summed E-state index contributed by atoms with van der Waals surface area (Å²) in [6, 6.07) is -4.20. The summed E-state index contributed by atoms with van der Waals surface area (Å²) in [5.74, 6) is -6.98. The molecule has 14 heteroatoms. The minimum Gasteiger partial charge on any atom is -0.481 e. The van der Waals surface area contributed by atoms with Crippen molar-refractivity contribution in [3.05, 3.63) is 0 Å². The second-order valence-electron chi connectivity index (χ2n) is 5.56. The molecule has 0 aromatic heterocycles. The van der Waals surface area contributed by atoms with E-state index in [1.807, 2.05) is 5.32 Å². The highest BCUT2D eigenvalue weighted by Gasteiger charge is 2.28. The van der Waals surface area contributed by atoms with Gasteiger partial charge < -0.3 is 37.0 Å². The van der Waals surface area contributed by atoms with Crippen LogP contribution in [0.4, 0.5) is 0 Å². The fourth-order valence-corrected chi connectivity index (χ4v) is 1.98. The monoisotopic (exact) mass is 422 g/mol. The van der Waals surface area contributed by atoms with Crippen LogP contribution in [-0.4, -0.2) is 81.4 Å². The van der Waals surface area contributed by atoms with E-state index in [4.69, 9.17) is 21.1 Å². The zero-order valence-electron chi connectivity index (χ0n) is 14.6. The first-order chi connectivity index (χ1) is 13.0. The number of nitrogens with one attached hydrogen (secondary N) is 3. The van der Waals surface area contributed by atoms with Crippen molar-refractivity contribution in [3.8, 4) is 0 Å². The number of hydrogen-bond acceptors (Lipinski definition) is 8. The summed E-state index contributed by atoms with van der Waals surface area (Å²) in [5.41, 5.74) is 5.40. The lowest BCUT2D eigenvalue weighted by Gasteiger charge is -2.20. The minimum absolute atomic E-state index is 0.0250. The predicted octanol–water partition coefficient (Wildman–Crippen LogP) is -3.25. The molecule has 3 atom stereocenters. The third kappa shape index (κ3) is 10.3. The van der Waals surface area contributed by atoms with Crippen LogP contribution in [0.25, 0.3) is 0 Å². The van der Waals surface area contributed by atoms with Gasteiger partial charge in [0.05, 0.1) is 19.0 Å². The normalized spacial score (nSPS) is 13.5. The van der Waals surface area contributed by atoms with Crippen molar-refractivity contribution in [2.45, 2.75) is 37.4 Å². The van der Waals surface area contributed by atoms with Crippen molar-refractivity contribution in [1.29, 1.82) is 0 Å². The van der Waals surface area contributed by atoms with Gasteiger partial charge in [-0.25, -0.2) is 4.79 Å². The number of aliphatic carboxylic acids is 3. The summed E-state index contributed by atoms with van der Waals surface area (Å²) >= 11 is 3.82. The first-order valence-corrected chi connectivity index (χ1v) is 8.51. The highest BCUT2D eigenvalue weighted by Crippen LogP contribution is 2.01. The van der Waals surface area contributed by atoms with Gasteiger partial charge in [0.25, 0.3) is 0 Å². The van der Waals surface area contributed by atoms with Gasteiger partial charge in [0.1, 0.15) is 12.1 Å². The van der Waals surface area contributed by atoms with E-state index in [2.05, 4.69) is 23.3 Å². The number of nitrogens with two attached hydrogens (primary N) is 1. The van der Waals surface area contributed by atoms with E-state index in [9.17, 15) is 28.8 Å². The molecule has 0 fully saturated rings. The van der Waals surface area contributed by atoms with Crippen LogP contribution in [-0.2, 0) is 28.8 Å². The molecule has 0 radical (unpaired) electrons. The van der Waals surface area contributed by atoms with Crippen molar-refractivity contribution in [3.63, 3.8) is 0 Å². The molecule has 0 aliphatic rings. The second kappa shape index (κ2) is 12.5. The van der Waals surface area contributed by atoms with Crippen LogP contribution in [0.15, 0.2) is 0 Å². The summed E-state index contributed by atoms with van der Waals surface area (Å²) in [7, 11) is 0. The minimum atomic E-state index is -1.78. The standard InChI is InChI=1S/C14H22N4O9S/c15-6(5-28)12(24)16-4-9(19)17-7(1-2-10(20)21)13(25)18-8(14(26)27)3-11(22)23/h6-8,28H,1-5,15H2,(H,16,24)(H,17,19)(H,18,25)(H,20,21)(H,22,23)(H,26,27). The number of amides is 3. The summed E-state index contributed by atoms with van der Waals surface area (Å²) in [6.45, 7) is -0.575. The molecular weight excluding hydrogens is 400 g/mol. The summed E-state index contributed by atoms with van der Waals surface area (Å²) < 4.78 is 0. The molecule has 0 aromatic rings. The van der Waals surface area contributed by atoms with Crippen LogP contribution in [0.1, 0.15) is 19.3 Å². The number of hydrogen-bond donors (Lipinski definition) is 8. The molecule has 0 rings (SSSR count). The van der Waals surface area contributed by atoms with E-state index in [1.54, 1.807) is 0 Å². The number of thiol groups is 1. The molecule has 3 unspecified atom stereocenters. The van der Waals surface area contributed by atoms with Crippen molar-refractivity contribution >= 4 is 48.3 Å². The lowest BCUT2D eigenvalue weighted by atomic mass is 10.1. The van der Waals surface area contributed by atoms with Gasteiger partial charge in [-0.05, 0) is 6.42 Å². The van der Waals surface area contributed by atoms with E-state index >= 15 is 0 Å². The molecule has 0 saturated heterocycles. The van der Waals surface area contributed by atoms with E-state index in [-0.39, 0.29) is 5.75 Å². The van der Waals surface area contributed by atoms with Gasteiger partial charge in [-0.15, -0.1) is 0 Å². The third-order valence-corrected chi connectivity index (χ3v) is 3.64. The first kappa shape index (κ1) is 25.1. The van der Waals surface area contributed by atoms with Crippen LogP contribution in [0.5, 0.6) is 0 Å². The lowest BCUT2D eigenvalue weighted by molar-refractivity contribution is -0.147. The topological polar surface area (TPSA) is 225 Å². The summed E-state index contributed by atoms with van der Waals surface area (Å²) in [4.78, 5) is 68.0. The Morgan fingerprint density at radius 1 is 0.893 bits per heavy atom. The molecular formula is C14H22N4O9S. The summed E-state index contributed by atoms with van der Waals surface area (Å²) in [5, 5.41) is 32.6. The third-order valence-electron chi connectivity index (χ3n) is 3.25. The van der Waals surface area contributed by atoms with Gasteiger partial charge in [0.2, 0.25) is 17.7 Å². The van der Waals surface area contributed by atoms with E-state index in [0.717, 1.165) is 0 Å². The molecule has 0 aliphatic carbocycles. The molecule has 0 heterocycles. The molecule has 0 saturated carbocycles. The number of carbonyl (C=O) groups is 6. The van der Waals surface area contributed by atoms with Gasteiger partial charge in [-0.3, -0.25) is 24.0 Å². The van der Waals surface area contributed by atoms with Crippen molar-refractivity contribution < 1.29 is 44.1 Å². The van der Waals surface area contributed by atoms with Crippen LogP contribution in [0.2, 0.25) is 0 Å². The average Bonchev–Trinajstić information content (AvgIpc) is 2.60. The van der Waals surface area contributed by atoms with Crippen LogP contribution in [0.3, 0.4) is 0 Å². The molecule has 0 spiro atoms. The molecule has 0 aromatic carbocycles. The van der Waals surface area contributed by atoms with Crippen LogP contribution < -0.4 is 21.7 Å². The smallest absolute Gasteiger partial charge is 0.326 e. The Bertz CT molecular complexity index is 628. The van der Waals surface area contributed by atoms with E-state index in [0.29, 0.717) is 0 Å². The molecule has 28 heavy (non-hydrogen) atoms. The van der Waals surface area contributed by atoms with Gasteiger partial charge in [0, 0.05) is 12.2 Å². The average molecular weight is 422 g/mol. The molecule has 158 valence electrons. The van der Waals surface area contributed by atoms with Crippen molar-refractivity contribution in [1.82, 2.24) is 16.0 Å². The molecule has 8 N–H and O–H groups in total. The maximum Gasteiger partial charge on any atom is 0.326 e. The van der Waals surface area contributed by atoms with Gasteiger partial charge in [-0.2, -0.15) is 12.6 Å². The summed E-state index contributed by atoms with van der Waals surface area (Å²) in [6.07, 6.45) is -1.85. The van der Waals surface area contributed by atoms with Crippen molar-refractivity contribution in [2.24, 2.45) is 5.73 Å². The SMILES string of the molecule is NC(CS)C(=O)NCC(=O)NC(CCC(=O)O)C(=O)NC(CC(=O)O)C(=O)O. The lowest BCUT2D eigenvalue weighted by Crippen LogP contribution is -2.54. The fourth-order valence-electron chi connectivity index (χ4n) is 1.81. The predicted molar refractivity (Wildman–Crippen MR) is 95.5 cm³/mol. The molecule has 0 aliphatic heterocycles. The fraction of sp³-hybridized carbons (Fsp3) is 0.571. The number of carbonyl (C=O) groups excluding carboxylic acids is 3. The number of carboxylic acids is 3. The van der Waals surface area contributed by atoms with Crippen LogP contribution in [0, 0.1) is 0 Å². The maximum atomic E-state index is 12.2. The Morgan fingerprint density at radius 3 is 1.96 bits per heavy atom. The number of rotatable bonds is 13. The zero-order chi connectivity index (χ0) is 21.9. The Morgan fingerprint density at radius 2 is 1.50 bits per heavy atom. The molecule has 0 bridgehead atoms. The molecule has 13 nitrogen and oxygen atoms in total. The van der Waals surface area contributed by atoms with E-state index < -0.39 is 79.6 Å². The molecule has 3 amide bonds. The van der Waals surface area contributed by atoms with Gasteiger partial charge in [0.15, 0.2) is 0 Å².